The lowest BCUT2D eigenvalue weighted by Gasteiger charge is -2.33. The SMILES string of the molecule is CCOC(=O)C1=C(C)N=C2SC=CN2C1c1ccc(OCC(=O)Nc2c(C)cccc2C)cc1. The highest BCUT2D eigenvalue weighted by Gasteiger charge is 2.37. The Hall–Kier alpha value is -3.52. The number of hydrogen-bond donors (Lipinski definition) is 1. The first kappa shape index (κ1) is 23.6. The lowest BCUT2D eigenvalue weighted by Crippen LogP contribution is -2.34. The Morgan fingerprint density at radius 3 is 2.47 bits per heavy atom. The van der Waals surface area contributed by atoms with Crippen molar-refractivity contribution in [2.75, 3.05) is 18.5 Å². The third-order valence-electron chi connectivity index (χ3n) is 5.63. The first-order valence-corrected chi connectivity index (χ1v) is 11.9. The van der Waals surface area contributed by atoms with E-state index < -0.39 is 0 Å². The molecule has 0 saturated heterocycles. The van der Waals surface area contributed by atoms with Crippen molar-refractivity contribution in [2.45, 2.75) is 33.7 Å². The zero-order valence-corrected chi connectivity index (χ0v) is 20.4. The lowest BCUT2D eigenvalue weighted by atomic mass is 9.95. The molecule has 1 amide bonds. The van der Waals surface area contributed by atoms with Gasteiger partial charge in [-0.05, 0) is 61.9 Å². The maximum atomic E-state index is 12.7. The summed E-state index contributed by atoms with van der Waals surface area (Å²) >= 11 is 1.51. The van der Waals surface area contributed by atoms with E-state index in [2.05, 4.69) is 10.3 Å². The second-order valence-electron chi connectivity index (χ2n) is 8.00. The number of anilines is 1. The number of amidine groups is 1. The summed E-state index contributed by atoms with van der Waals surface area (Å²) in [6.45, 7) is 7.71. The molecule has 1 N–H and O–H groups in total. The molecular weight excluding hydrogens is 450 g/mol. The van der Waals surface area contributed by atoms with Crippen molar-refractivity contribution in [2.24, 2.45) is 4.99 Å². The summed E-state index contributed by atoms with van der Waals surface area (Å²) in [7, 11) is 0. The molecule has 0 fully saturated rings. The number of nitrogens with zero attached hydrogens (tertiary/aromatic N) is 2. The van der Waals surface area contributed by atoms with Crippen molar-refractivity contribution in [1.29, 1.82) is 0 Å². The number of aliphatic imine (C=N–C) groups is 1. The fourth-order valence-electron chi connectivity index (χ4n) is 3.98. The summed E-state index contributed by atoms with van der Waals surface area (Å²) in [5.41, 5.74) is 4.88. The number of hydrogen-bond acceptors (Lipinski definition) is 7. The van der Waals surface area contributed by atoms with Crippen LogP contribution in [-0.4, -0.2) is 35.2 Å². The number of carbonyl (C=O) groups excluding carboxylic acids is 2. The van der Waals surface area contributed by atoms with Crippen LogP contribution in [0.4, 0.5) is 5.69 Å². The molecule has 1 unspecified atom stereocenters. The highest BCUT2D eigenvalue weighted by atomic mass is 32.2. The van der Waals surface area contributed by atoms with Crippen LogP contribution in [0.1, 0.15) is 36.6 Å². The van der Waals surface area contributed by atoms with Gasteiger partial charge in [-0.15, -0.1) is 0 Å². The van der Waals surface area contributed by atoms with E-state index >= 15 is 0 Å². The lowest BCUT2D eigenvalue weighted by molar-refractivity contribution is -0.139. The van der Waals surface area contributed by atoms with E-state index in [1.165, 1.54) is 11.8 Å². The Balaban J connectivity index is 1.48. The van der Waals surface area contributed by atoms with Crippen LogP contribution in [0.2, 0.25) is 0 Å². The molecule has 0 spiro atoms. The van der Waals surface area contributed by atoms with Gasteiger partial charge in [0.05, 0.1) is 23.9 Å². The molecule has 2 aliphatic rings. The smallest absolute Gasteiger partial charge is 0.338 e. The molecule has 0 aliphatic carbocycles. The largest absolute Gasteiger partial charge is 0.484 e. The highest BCUT2D eigenvalue weighted by Crippen LogP contribution is 2.41. The first-order chi connectivity index (χ1) is 16.4. The number of carbonyl (C=O) groups is 2. The van der Waals surface area contributed by atoms with Gasteiger partial charge in [0.25, 0.3) is 5.91 Å². The van der Waals surface area contributed by atoms with E-state index in [4.69, 9.17) is 9.47 Å². The Morgan fingerprint density at radius 1 is 1.09 bits per heavy atom. The molecule has 7 nitrogen and oxygen atoms in total. The molecule has 2 heterocycles. The Kier molecular flexibility index (Phi) is 7.07. The second-order valence-corrected chi connectivity index (χ2v) is 8.87. The van der Waals surface area contributed by atoms with Crippen molar-refractivity contribution >= 4 is 34.5 Å². The highest BCUT2D eigenvalue weighted by molar-refractivity contribution is 8.16. The zero-order valence-electron chi connectivity index (χ0n) is 19.6. The van der Waals surface area contributed by atoms with Crippen LogP contribution in [0.5, 0.6) is 5.75 Å². The van der Waals surface area contributed by atoms with Crippen LogP contribution in [0, 0.1) is 13.8 Å². The average Bonchev–Trinajstić information content (AvgIpc) is 3.28. The van der Waals surface area contributed by atoms with Crippen molar-refractivity contribution in [3.05, 3.63) is 82.0 Å². The number of benzene rings is 2. The van der Waals surface area contributed by atoms with Gasteiger partial charge in [-0.1, -0.05) is 42.1 Å². The number of fused-ring (bicyclic) bond motifs is 1. The second kappa shape index (κ2) is 10.2. The van der Waals surface area contributed by atoms with Crippen LogP contribution < -0.4 is 10.1 Å². The fourth-order valence-corrected chi connectivity index (χ4v) is 4.77. The fraction of sp³-hybridized carbons (Fsp3) is 0.269. The van der Waals surface area contributed by atoms with Crippen molar-refractivity contribution < 1.29 is 19.1 Å². The van der Waals surface area contributed by atoms with Crippen LogP contribution in [0.3, 0.4) is 0 Å². The zero-order chi connectivity index (χ0) is 24.2. The molecule has 2 aliphatic heterocycles. The van der Waals surface area contributed by atoms with Crippen LogP contribution >= 0.6 is 11.8 Å². The van der Waals surface area contributed by atoms with Crippen molar-refractivity contribution in [3.8, 4) is 5.75 Å². The number of rotatable bonds is 7. The number of aryl methyl sites for hydroxylation is 2. The van der Waals surface area contributed by atoms with Gasteiger partial charge < -0.3 is 19.7 Å². The average molecular weight is 478 g/mol. The van der Waals surface area contributed by atoms with Gasteiger partial charge in [0.15, 0.2) is 11.8 Å². The number of nitrogens with one attached hydrogen (secondary N) is 1. The number of allylic oxidation sites excluding steroid dienone is 1. The van der Waals surface area contributed by atoms with Gasteiger partial charge in [-0.3, -0.25) is 4.79 Å². The summed E-state index contributed by atoms with van der Waals surface area (Å²) in [4.78, 5) is 31.7. The van der Waals surface area contributed by atoms with E-state index in [-0.39, 0.29) is 24.5 Å². The molecule has 176 valence electrons. The topological polar surface area (TPSA) is 80.2 Å². The quantitative estimate of drug-likeness (QED) is 0.560. The number of esters is 1. The summed E-state index contributed by atoms with van der Waals surface area (Å²) < 4.78 is 11.0. The van der Waals surface area contributed by atoms with Crippen LogP contribution in [0.25, 0.3) is 0 Å². The van der Waals surface area contributed by atoms with Crippen LogP contribution in [-0.2, 0) is 14.3 Å². The predicted molar refractivity (Wildman–Crippen MR) is 135 cm³/mol. The van der Waals surface area contributed by atoms with Crippen molar-refractivity contribution in [3.63, 3.8) is 0 Å². The molecule has 1 atom stereocenters. The monoisotopic (exact) mass is 477 g/mol. The minimum absolute atomic E-state index is 0.105. The number of ether oxygens (including phenoxy) is 2. The Bertz CT molecular complexity index is 1180. The number of para-hydroxylation sites is 1. The summed E-state index contributed by atoms with van der Waals surface area (Å²) in [6, 6.07) is 12.9. The Labute approximate surface area is 203 Å². The van der Waals surface area contributed by atoms with Gasteiger partial charge in [0.2, 0.25) is 0 Å². The van der Waals surface area contributed by atoms with Gasteiger partial charge in [-0.2, -0.15) is 0 Å². The predicted octanol–water partition coefficient (Wildman–Crippen LogP) is 5.09. The van der Waals surface area contributed by atoms with E-state index in [0.29, 0.717) is 23.6 Å². The van der Waals surface area contributed by atoms with E-state index in [1.54, 1.807) is 19.1 Å². The maximum absolute atomic E-state index is 12.7. The molecule has 0 aromatic heterocycles. The molecule has 4 rings (SSSR count). The molecule has 34 heavy (non-hydrogen) atoms. The van der Waals surface area contributed by atoms with Crippen LogP contribution in [0.15, 0.2) is 70.3 Å². The summed E-state index contributed by atoms with van der Waals surface area (Å²) in [5.74, 6) is -0.0339. The van der Waals surface area contributed by atoms with E-state index in [1.807, 2.05) is 67.6 Å². The minimum Gasteiger partial charge on any atom is -0.484 e. The molecule has 0 radical (unpaired) electrons. The van der Waals surface area contributed by atoms with Gasteiger partial charge in [0.1, 0.15) is 5.75 Å². The summed E-state index contributed by atoms with van der Waals surface area (Å²) in [6.07, 6.45) is 1.92. The van der Waals surface area contributed by atoms with Gasteiger partial charge in [0, 0.05) is 11.9 Å². The molecule has 2 aromatic carbocycles. The number of amides is 1. The van der Waals surface area contributed by atoms with Gasteiger partial charge >= 0.3 is 5.97 Å². The minimum atomic E-state index is -0.374. The van der Waals surface area contributed by atoms with Gasteiger partial charge in [-0.25, -0.2) is 9.79 Å². The molecule has 0 saturated carbocycles. The maximum Gasteiger partial charge on any atom is 0.338 e. The third kappa shape index (κ3) is 4.87. The number of thioether (sulfide) groups is 1. The van der Waals surface area contributed by atoms with E-state index in [9.17, 15) is 9.59 Å². The third-order valence-corrected chi connectivity index (χ3v) is 6.40. The van der Waals surface area contributed by atoms with Crippen molar-refractivity contribution in [1.82, 2.24) is 4.90 Å². The molecule has 8 heteroatoms. The Morgan fingerprint density at radius 2 is 1.79 bits per heavy atom. The summed E-state index contributed by atoms with van der Waals surface area (Å²) in [5, 5.41) is 5.68. The first-order valence-electron chi connectivity index (χ1n) is 11.1. The van der Waals surface area contributed by atoms with E-state index in [0.717, 1.165) is 27.5 Å². The molecule has 2 aromatic rings. The molecular formula is C26H27N3O4S. The standard InChI is InChI=1S/C26H27N3O4S/c1-5-32-25(31)22-18(4)27-26-29(13-14-34-26)24(22)19-9-11-20(12-10-19)33-15-21(30)28-23-16(2)7-6-8-17(23)3/h6-14,24H,5,15H2,1-4H3,(H,28,30). The molecule has 0 bridgehead atoms. The normalized spacial score (nSPS) is 16.8.